The molecule has 0 rings (SSSR count). The van der Waals surface area contributed by atoms with Crippen molar-refractivity contribution in [3.8, 4) is 0 Å². The van der Waals surface area contributed by atoms with Crippen LogP contribution >= 0.6 is 73.3 Å². The van der Waals surface area contributed by atoms with Crippen molar-refractivity contribution in [2.75, 3.05) is 78.5 Å². The van der Waals surface area contributed by atoms with Crippen molar-refractivity contribution < 1.29 is 46.3 Å². The molecule has 61 heavy (non-hydrogen) atoms. The van der Waals surface area contributed by atoms with Crippen molar-refractivity contribution in [2.45, 2.75) is 83.1 Å². The minimum absolute atomic E-state index is 0. The number of nitrogens with zero attached hydrogens (tertiary/aromatic N) is 6. The smallest absolute Gasteiger partial charge is 0.411 e. The van der Waals surface area contributed by atoms with Gasteiger partial charge >= 0.3 is 21.1 Å². The first-order valence-electron chi connectivity index (χ1n) is 17.1. The van der Waals surface area contributed by atoms with Crippen LogP contribution in [0.15, 0.2) is 0 Å². The summed E-state index contributed by atoms with van der Waals surface area (Å²) in [4.78, 5) is 11.8. The standard InChI is InChI=1S/6C5H11NS2.Mo.6OS/c6*1-3-6(4-2)5(7)8;;6*1-2/h6*3-4H2,1-2H3,(H,7,8);;;;;;;/q;;;;;;+6;;;;;;/p-6. The van der Waals surface area contributed by atoms with Crippen molar-refractivity contribution in [1.82, 2.24) is 29.4 Å². The van der Waals surface area contributed by atoms with Crippen molar-refractivity contribution in [3.05, 3.63) is 0 Å². The van der Waals surface area contributed by atoms with Crippen LogP contribution in [0.2, 0.25) is 0 Å². The fourth-order valence-corrected chi connectivity index (χ4v) is 5.99. The molecular formula is C30H60MoN6O6S18. The first-order valence-corrected chi connectivity index (χ1v) is 24.0. The molecule has 0 aliphatic carbocycles. The van der Waals surface area contributed by atoms with Crippen LogP contribution in [0, 0.1) is 0 Å². The summed E-state index contributed by atoms with van der Waals surface area (Å²) in [7, 11) is 0. The molecule has 31 heteroatoms. The Kier molecular flexibility index (Phi) is 145. The molecule has 0 atom stereocenters. The molecule has 0 aromatic rings. The molecule has 0 bridgehead atoms. The van der Waals surface area contributed by atoms with Gasteiger partial charge in [0.15, 0.2) is 75.2 Å². The summed E-state index contributed by atoms with van der Waals surface area (Å²) in [5.41, 5.74) is 0. The molecule has 0 aromatic carbocycles. The van der Waals surface area contributed by atoms with Crippen LogP contribution in [0.3, 0.4) is 0 Å². The van der Waals surface area contributed by atoms with Crippen LogP contribution < -0.4 is 0 Å². The predicted molar refractivity (Wildman–Crippen MR) is 306 cm³/mol. The maximum Gasteiger partial charge on any atom is 6.00 e. The van der Waals surface area contributed by atoms with E-state index in [9.17, 15) is 0 Å². The third kappa shape index (κ3) is 88.8. The number of thiocarbonyl (C=S) groups is 6. The summed E-state index contributed by atoms with van der Waals surface area (Å²) in [6.45, 7) is 35.7. The van der Waals surface area contributed by atoms with Gasteiger partial charge in [-0.2, -0.15) is 25.3 Å². The van der Waals surface area contributed by atoms with E-state index in [1.165, 1.54) is 0 Å². The number of hydrogen-bond acceptors (Lipinski definition) is 24. The zero-order valence-electron chi connectivity index (χ0n) is 36.4. The molecule has 0 aromatic heterocycles. The summed E-state index contributed by atoms with van der Waals surface area (Å²) in [6, 6.07) is 0. The maximum atomic E-state index is 7.83. The Morgan fingerprint density at radius 1 is 0.246 bits per heavy atom. The molecule has 0 saturated carbocycles. The van der Waals surface area contributed by atoms with E-state index in [1.807, 2.05) is 112 Å². The largest absolute Gasteiger partial charge is 6.00 e. The minimum Gasteiger partial charge on any atom is -0.411 e. The minimum atomic E-state index is 0. The van der Waals surface area contributed by atoms with Gasteiger partial charge in [-0.05, 0) is 83.1 Å². The molecule has 0 saturated heterocycles. The second kappa shape index (κ2) is 91.8. The molecule has 0 radical (unpaired) electrons. The topological polar surface area (TPSA) is 122 Å². The van der Waals surface area contributed by atoms with Crippen LogP contribution in [0.25, 0.3) is 0 Å². The van der Waals surface area contributed by atoms with Crippen molar-refractivity contribution >= 4 is 250 Å². The second-order valence-corrected chi connectivity index (χ2v) is 14.8. The van der Waals surface area contributed by atoms with Crippen molar-refractivity contribution in [1.29, 1.82) is 0 Å². The van der Waals surface area contributed by atoms with Crippen LogP contribution in [0.5, 0.6) is 0 Å². The van der Waals surface area contributed by atoms with Crippen LogP contribution in [-0.2, 0) is 172 Å². The normalized spacial score (nSPS) is 7.28. The predicted octanol–water partition coefficient (Wildman–Crippen LogP) is 4.94. The van der Waals surface area contributed by atoms with Crippen LogP contribution in [0.4, 0.5) is 0 Å². The molecule has 0 heterocycles. The summed E-state index contributed by atoms with van der Waals surface area (Å²) in [5, 5.41) is 0. The SMILES string of the molecule is CCN(CC)C(=S)[S-].CCN(CC)C(=S)[S-].CCN(CC)C(=S)[S-].CCN(CC)C(=S)[S-].CCN(CC)C(=S)[S-].CCN(CC)C(=S)[S-].O=S.O=S.O=S.O=S.O=S.O=S.[Mo+6]. The molecule has 0 amide bonds. The summed E-state index contributed by atoms with van der Waals surface area (Å²) >= 11 is 74.1. The van der Waals surface area contributed by atoms with Gasteiger partial charge in [0.25, 0.3) is 0 Å². The Hall–Kier alpha value is 1.47. The average molecular weight is 1270 g/mol. The summed E-state index contributed by atoms with van der Waals surface area (Å²) in [6.07, 6.45) is 0. The van der Waals surface area contributed by atoms with E-state index in [-0.39, 0.29) is 21.1 Å². The van der Waals surface area contributed by atoms with Gasteiger partial charge in [-0.25, -0.2) is 0 Å². The first-order chi connectivity index (χ1) is 28.3. The molecule has 0 aliphatic rings. The van der Waals surface area contributed by atoms with E-state index in [1.54, 1.807) is 0 Å². The van der Waals surface area contributed by atoms with E-state index in [0.717, 1.165) is 78.5 Å². The van der Waals surface area contributed by atoms with E-state index in [0.29, 0.717) is 25.9 Å². The molecule has 0 fully saturated rings. The zero-order chi connectivity index (χ0) is 51.4. The van der Waals surface area contributed by atoms with Crippen LogP contribution in [0.1, 0.15) is 83.1 Å². The average Bonchev–Trinajstić information content (AvgIpc) is 3.25. The zero-order valence-corrected chi connectivity index (χ0v) is 53.1. The van der Waals surface area contributed by atoms with Gasteiger partial charge in [0.1, 0.15) is 0 Å². The number of rotatable bonds is 12. The van der Waals surface area contributed by atoms with E-state index in [4.69, 9.17) is 174 Å². The van der Waals surface area contributed by atoms with Crippen molar-refractivity contribution in [3.63, 3.8) is 0 Å². The van der Waals surface area contributed by atoms with Gasteiger partial charge in [0.05, 0.1) is 0 Å². The fourth-order valence-electron chi connectivity index (χ4n) is 2.89. The molecule has 0 spiro atoms. The monoisotopic (exact) mass is 1270 g/mol. The Morgan fingerprint density at radius 2 is 0.295 bits per heavy atom. The van der Waals surface area contributed by atoms with E-state index in [2.05, 4.69) is 75.2 Å². The fraction of sp³-hybridized carbons (Fsp3) is 0.800. The Balaban J connectivity index is -0.0000000390. The van der Waals surface area contributed by atoms with Crippen molar-refractivity contribution in [2.24, 2.45) is 0 Å². The second-order valence-electron chi connectivity index (χ2n) is 8.63. The van der Waals surface area contributed by atoms with Gasteiger partial charge in [-0.1, -0.05) is 25.9 Å². The van der Waals surface area contributed by atoms with Gasteiger partial charge < -0.3 is 178 Å². The third-order valence-corrected chi connectivity index (χ3v) is 9.23. The first kappa shape index (κ1) is 96.5. The maximum absolute atomic E-state index is 7.83. The molecule has 12 nitrogen and oxygen atoms in total. The molecule has 0 N–H and O–H groups in total. The van der Waals surface area contributed by atoms with Gasteiger partial charge in [0, 0.05) is 78.5 Å². The van der Waals surface area contributed by atoms with Gasteiger partial charge in [-0.3, -0.25) is 0 Å². The number of hydrogen-bond donors (Lipinski definition) is 0. The van der Waals surface area contributed by atoms with Crippen LogP contribution in [-0.4, -0.2) is 159 Å². The Labute approximate surface area is 481 Å². The van der Waals surface area contributed by atoms with Gasteiger partial charge in [-0.15, -0.1) is 0 Å². The third-order valence-electron chi connectivity index (χ3n) is 6.13. The quantitative estimate of drug-likeness (QED) is 0.149. The molecule has 360 valence electrons. The molecule has 0 unspecified atom stereocenters. The summed E-state index contributed by atoms with van der Waals surface area (Å²) in [5.74, 6) is 0. The molecular weight excluding hydrogens is 1210 g/mol. The Bertz CT molecular complexity index is 763. The van der Waals surface area contributed by atoms with E-state index >= 15 is 0 Å². The van der Waals surface area contributed by atoms with Gasteiger partial charge in [0.2, 0.25) is 0 Å². The molecule has 0 aliphatic heterocycles. The van der Waals surface area contributed by atoms with E-state index < -0.39 is 0 Å². The summed E-state index contributed by atoms with van der Waals surface area (Å²) < 4.78 is 50.5. The Morgan fingerprint density at radius 3 is 0.295 bits per heavy atom.